The van der Waals surface area contributed by atoms with Gasteiger partial charge in [-0.15, -0.1) is 0 Å². The van der Waals surface area contributed by atoms with Gasteiger partial charge in [-0.2, -0.15) is 12.6 Å². The number of carboxylic acids is 1. The number of carboxylic acid groups (broad SMARTS) is 1. The summed E-state index contributed by atoms with van der Waals surface area (Å²) in [6.07, 6.45) is -0.239. The van der Waals surface area contributed by atoms with E-state index in [2.05, 4.69) is 17.6 Å². The lowest BCUT2D eigenvalue weighted by molar-refractivity contribution is -0.137. The molecule has 0 aliphatic rings. The zero-order valence-electron chi connectivity index (χ0n) is 7.31. The first-order valence-electron chi connectivity index (χ1n) is 3.86. The van der Waals surface area contributed by atoms with Crippen LogP contribution in [-0.2, 0) is 4.79 Å². The molecular weight excluding hydrogens is 261 g/mol. The number of thiol groups is 1. The van der Waals surface area contributed by atoms with Gasteiger partial charge < -0.3 is 10.2 Å². The Morgan fingerprint density at radius 3 is 2.67 bits per heavy atom. The van der Waals surface area contributed by atoms with Crippen LogP contribution in [0.4, 0.5) is 0 Å². The number of carbonyl (C=O) groups is 1. The third-order valence-electron chi connectivity index (χ3n) is 1.62. The molecule has 1 unspecified atom stereocenters. The van der Waals surface area contributed by atoms with Gasteiger partial charge in [-0.05, 0) is 6.07 Å². The first-order valence-corrected chi connectivity index (χ1v) is 5.13. The van der Waals surface area contributed by atoms with Gasteiger partial charge in [0.1, 0.15) is 5.02 Å². The maximum atomic E-state index is 10.4. The van der Waals surface area contributed by atoms with Crippen molar-refractivity contribution in [2.24, 2.45) is 0 Å². The van der Waals surface area contributed by atoms with E-state index < -0.39 is 11.2 Å². The summed E-state index contributed by atoms with van der Waals surface area (Å²) in [4.78, 5) is 14.1. The molecule has 0 fully saturated rings. The fourth-order valence-corrected chi connectivity index (χ4v) is 1.89. The predicted molar refractivity (Wildman–Crippen MR) is 59.9 cm³/mol. The highest BCUT2D eigenvalue weighted by molar-refractivity contribution is 7.80. The summed E-state index contributed by atoms with van der Waals surface area (Å²) in [5.74, 6) is -1.41. The van der Waals surface area contributed by atoms with Crippen molar-refractivity contribution in [2.75, 3.05) is 0 Å². The Kier molecular flexibility index (Phi) is 4.07. The molecule has 1 rings (SSSR count). The number of pyridine rings is 1. The Morgan fingerprint density at radius 1 is 1.53 bits per heavy atom. The summed E-state index contributed by atoms with van der Waals surface area (Å²) < 4.78 is 0. The van der Waals surface area contributed by atoms with Gasteiger partial charge in [-0.1, -0.05) is 23.2 Å². The molecule has 7 heteroatoms. The molecule has 82 valence electrons. The van der Waals surface area contributed by atoms with Crippen LogP contribution in [0.5, 0.6) is 5.88 Å². The van der Waals surface area contributed by atoms with Gasteiger partial charge in [0.2, 0.25) is 5.88 Å². The monoisotopic (exact) mass is 267 g/mol. The van der Waals surface area contributed by atoms with E-state index in [1.54, 1.807) is 0 Å². The van der Waals surface area contributed by atoms with Crippen LogP contribution in [0.1, 0.15) is 17.4 Å². The van der Waals surface area contributed by atoms with E-state index in [1.807, 2.05) is 0 Å². The van der Waals surface area contributed by atoms with Crippen molar-refractivity contribution >= 4 is 41.8 Å². The fourth-order valence-electron chi connectivity index (χ4n) is 0.966. The van der Waals surface area contributed by atoms with Crippen molar-refractivity contribution in [1.82, 2.24) is 4.98 Å². The lowest BCUT2D eigenvalue weighted by atomic mass is 10.2. The molecule has 0 saturated heterocycles. The second-order valence-electron chi connectivity index (χ2n) is 2.77. The minimum Gasteiger partial charge on any atom is -0.492 e. The van der Waals surface area contributed by atoms with Gasteiger partial charge in [0.25, 0.3) is 0 Å². The lowest BCUT2D eigenvalue weighted by Crippen LogP contribution is -2.03. The van der Waals surface area contributed by atoms with Gasteiger partial charge in [0.15, 0.2) is 0 Å². The van der Waals surface area contributed by atoms with Crippen molar-refractivity contribution in [3.8, 4) is 5.88 Å². The van der Waals surface area contributed by atoms with E-state index in [4.69, 9.17) is 28.3 Å². The van der Waals surface area contributed by atoms with Crippen molar-refractivity contribution in [2.45, 2.75) is 11.7 Å². The molecule has 0 radical (unpaired) electrons. The molecular formula is C8H7Cl2NO3S. The Balaban J connectivity index is 3.03. The minimum absolute atomic E-state index is 0.0135. The topological polar surface area (TPSA) is 70.4 Å². The number of hydrogen-bond donors (Lipinski definition) is 3. The molecule has 0 aliphatic carbocycles. The Hall–Kier alpha value is -0.650. The molecule has 0 aromatic carbocycles. The van der Waals surface area contributed by atoms with E-state index in [9.17, 15) is 9.90 Å². The minimum atomic E-state index is -1.03. The molecule has 1 atom stereocenters. The summed E-state index contributed by atoms with van der Waals surface area (Å²) in [6, 6.07) is 1.30. The SMILES string of the molecule is O=C(O)CC(S)c1nc(O)c(Cl)cc1Cl. The highest BCUT2D eigenvalue weighted by Gasteiger charge is 2.18. The van der Waals surface area contributed by atoms with Gasteiger partial charge in [0, 0.05) is 0 Å². The third-order valence-corrected chi connectivity index (χ3v) is 2.63. The summed E-state index contributed by atoms with van der Waals surface area (Å²) in [7, 11) is 0. The number of nitrogens with zero attached hydrogens (tertiary/aromatic N) is 1. The van der Waals surface area contributed by atoms with Gasteiger partial charge >= 0.3 is 5.97 Å². The van der Waals surface area contributed by atoms with E-state index in [1.165, 1.54) is 6.07 Å². The van der Waals surface area contributed by atoms with Crippen LogP contribution in [0.2, 0.25) is 10.0 Å². The van der Waals surface area contributed by atoms with Crippen molar-refractivity contribution < 1.29 is 15.0 Å². The second-order valence-corrected chi connectivity index (χ2v) is 4.21. The van der Waals surface area contributed by atoms with Crippen LogP contribution < -0.4 is 0 Å². The predicted octanol–water partition coefficient (Wildman–Crippen LogP) is 2.54. The molecule has 0 bridgehead atoms. The number of aromatic hydroxyl groups is 1. The van der Waals surface area contributed by atoms with Crippen molar-refractivity contribution in [1.29, 1.82) is 0 Å². The summed E-state index contributed by atoms with van der Waals surface area (Å²) >= 11 is 15.4. The Labute approximate surface area is 101 Å². The smallest absolute Gasteiger partial charge is 0.304 e. The highest BCUT2D eigenvalue weighted by atomic mass is 35.5. The van der Waals surface area contributed by atoms with Crippen LogP contribution in [0, 0.1) is 0 Å². The molecule has 1 aromatic rings. The Morgan fingerprint density at radius 2 is 2.13 bits per heavy atom. The largest absolute Gasteiger partial charge is 0.492 e. The quantitative estimate of drug-likeness (QED) is 0.737. The van der Waals surface area contributed by atoms with E-state index in [-0.39, 0.29) is 28.0 Å². The average Bonchev–Trinajstić information content (AvgIpc) is 2.09. The van der Waals surface area contributed by atoms with Crippen LogP contribution in [0.25, 0.3) is 0 Å². The maximum absolute atomic E-state index is 10.4. The van der Waals surface area contributed by atoms with Gasteiger partial charge in [-0.3, -0.25) is 4.79 Å². The van der Waals surface area contributed by atoms with Gasteiger partial charge in [-0.25, -0.2) is 4.98 Å². The number of aliphatic carboxylic acids is 1. The van der Waals surface area contributed by atoms with Crippen LogP contribution >= 0.6 is 35.8 Å². The number of halogens is 2. The van der Waals surface area contributed by atoms with Crippen LogP contribution in [0.15, 0.2) is 6.07 Å². The molecule has 0 saturated carbocycles. The van der Waals surface area contributed by atoms with Gasteiger partial charge in [0.05, 0.1) is 22.4 Å². The van der Waals surface area contributed by atoms with Crippen LogP contribution in [0.3, 0.4) is 0 Å². The molecule has 4 nitrogen and oxygen atoms in total. The van der Waals surface area contributed by atoms with Crippen molar-refractivity contribution in [3.63, 3.8) is 0 Å². The maximum Gasteiger partial charge on any atom is 0.304 e. The highest BCUT2D eigenvalue weighted by Crippen LogP contribution is 2.33. The molecule has 0 aliphatic heterocycles. The average molecular weight is 268 g/mol. The lowest BCUT2D eigenvalue weighted by Gasteiger charge is -2.10. The summed E-state index contributed by atoms with van der Waals surface area (Å²) in [6.45, 7) is 0. The standard InChI is InChI=1S/C8H7Cl2NO3S/c9-3-1-4(10)8(14)11-7(3)5(15)2-6(12)13/h1,5,15H,2H2,(H,11,14)(H,12,13). The summed E-state index contributed by atoms with van der Waals surface area (Å²) in [5, 5.41) is 17.3. The first kappa shape index (κ1) is 12.4. The van der Waals surface area contributed by atoms with E-state index in [0.29, 0.717) is 0 Å². The fraction of sp³-hybridized carbons (Fsp3) is 0.250. The third kappa shape index (κ3) is 3.15. The molecule has 2 N–H and O–H groups in total. The number of aromatic nitrogens is 1. The molecule has 0 amide bonds. The molecule has 0 spiro atoms. The Bertz CT molecular complexity index is 400. The first-order chi connectivity index (χ1) is 6.91. The normalized spacial score (nSPS) is 12.5. The molecule has 15 heavy (non-hydrogen) atoms. The van der Waals surface area contributed by atoms with Crippen LogP contribution in [-0.4, -0.2) is 21.2 Å². The van der Waals surface area contributed by atoms with E-state index in [0.717, 1.165) is 0 Å². The molecule has 1 heterocycles. The molecule has 1 aromatic heterocycles. The van der Waals surface area contributed by atoms with E-state index >= 15 is 0 Å². The number of rotatable bonds is 3. The van der Waals surface area contributed by atoms with Crippen molar-refractivity contribution in [3.05, 3.63) is 21.8 Å². The summed E-state index contributed by atoms with van der Waals surface area (Å²) in [5.41, 5.74) is 0.198. The second kappa shape index (κ2) is 4.92. The zero-order valence-corrected chi connectivity index (χ0v) is 9.72. The number of hydrogen-bond acceptors (Lipinski definition) is 4. The zero-order chi connectivity index (χ0) is 11.6.